The van der Waals surface area contributed by atoms with Crippen LogP contribution >= 0.6 is 22.9 Å². The molecule has 1 aliphatic carbocycles. The van der Waals surface area contributed by atoms with Gasteiger partial charge >= 0.3 is 0 Å². The Bertz CT molecular complexity index is 591. The standard InChI is InChI=1S/C17H21ClN2S/c1-2-10-19-14-4-3-5-15-17(14)20-16(21-15)11-12-6-8-13(18)9-7-12/h6-9,14,19H,2-5,10-11H2,1H3. The molecule has 0 bridgehead atoms. The zero-order valence-electron chi connectivity index (χ0n) is 12.4. The Balaban J connectivity index is 1.76. The van der Waals surface area contributed by atoms with Gasteiger partial charge in [0.05, 0.1) is 16.7 Å². The molecule has 1 N–H and O–H groups in total. The molecule has 0 amide bonds. The minimum Gasteiger partial charge on any atom is -0.309 e. The molecule has 2 aromatic rings. The van der Waals surface area contributed by atoms with Gasteiger partial charge in [-0.2, -0.15) is 0 Å². The number of nitrogens with zero attached hydrogens (tertiary/aromatic N) is 1. The Morgan fingerprint density at radius 1 is 1.33 bits per heavy atom. The van der Waals surface area contributed by atoms with Gasteiger partial charge in [0.25, 0.3) is 0 Å². The molecule has 4 heteroatoms. The predicted octanol–water partition coefficient (Wildman–Crippen LogP) is 4.76. The fraction of sp³-hybridized carbons (Fsp3) is 0.471. The van der Waals surface area contributed by atoms with Crippen molar-refractivity contribution in [3.05, 3.63) is 50.4 Å². The van der Waals surface area contributed by atoms with E-state index in [2.05, 4.69) is 24.4 Å². The maximum atomic E-state index is 5.94. The molecule has 1 aromatic carbocycles. The minimum atomic E-state index is 0.462. The van der Waals surface area contributed by atoms with Crippen LogP contribution in [0.25, 0.3) is 0 Å². The average Bonchev–Trinajstić information content (AvgIpc) is 2.90. The van der Waals surface area contributed by atoms with Crippen molar-refractivity contribution in [3.8, 4) is 0 Å². The lowest BCUT2D eigenvalue weighted by Gasteiger charge is -2.22. The van der Waals surface area contributed by atoms with Crippen LogP contribution in [-0.2, 0) is 12.8 Å². The van der Waals surface area contributed by atoms with Crippen molar-refractivity contribution in [1.29, 1.82) is 0 Å². The Kier molecular flexibility index (Phi) is 4.94. The Labute approximate surface area is 135 Å². The summed E-state index contributed by atoms with van der Waals surface area (Å²) in [5, 5.41) is 5.66. The van der Waals surface area contributed by atoms with Gasteiger partial charge in [0.1, 0.15) is 0 Å². The second-order valence-corrected chi connectivity index (χ2v) is 7.22. The third kappa shape index (κ3) is 3.65. The molecule has 1 atom stereocenters. The van der Waals surface area contributed by atoms with Crippen molar-refractivity contribution in [3.63, 3.8) is 0 Å². The van der Waals surface area contributed by atoms with E-state index in [1.165, 1.54) is 46.8 Å². The summed E-state index contributed by atoms with van der Waals surface area (Å²) in [5.41, 5.74) is 2.59. The van der Waals surface area contributed by atoms with Crippen molar-refractivity contribution < 1.29 is 0 Å². The smallest absolute Gasteiger partial charge is 0.0975 e. The van der Waals surface area contributed by atoms with Gasteiger partial charge in [-0.05, 0) is 49.9 Å². The molecule has 0 aliphatic heterocycles. The van der Waals surface area contributed by atoms with E-state index in [9.17, 15) is 0 Å². The maximum absolute atomic E-state index is 5.94. The van der Waals surface area contributed by atoms with Crippen LogP contribution in [0.3, 0.4) is 0 Å². The SMILES string of the molecule is CCCNC1CCCc2sc(Cc3ccc(Cl)cc3)nc21. The number of thiazole rings is 1. The van der Waals surface area contributed by atoms with E-state index in [0.29, 0.717) is 6.04 Å². The van der Waals surface area contributed by atoms with Crippen LogP contribution in [-0.4, -0.2) is 11.5 Å². The third-order valence-corrected chi connectivity index (χ3v) is 5.29. The van der Waals surface area contributed by atoms with E-state index in [1.54, 1.807) is 0 Å². The molecule has 21 heavy (non-hydrogen) atoms. The van der Waals surface area contributed by atoms with Gasteiger partial charge in [0, 0.05) is 16.3 Å². The van der Waals surface area contributed by atoms with Crippen LogP contribution in [0.5, 0.6) is 0 Å². The van der Waals surface area contributed by atoms with E-state index < -0.39 is 0 Å². The second-order valence-electron chi connectivity index (χ2n) is 5.62. The van der Waals surface area contributed by atoms with Crippen molar-refractivity contribution in [2.75, 3.05) is 6.54 Å². The number of aromatic nitrogens is 1. The van der Waals surface area contributed by atoms with E-state index in [-0.39, 0.29) is 0 Å². The number of halogens is 1. The predicted molar refractivity (Wildman–Crippen MR) is 90.3 cm³/mol. The fourth-order valence-electron chi connectivity index (χ4n) is 2.84. The number of benzene rings is 1. The summed E-state index contributed by atoms with van der Waals surface area (Å²) in [6, 6.07) is 8.56. The first-order valence-electron chi connectivity index (χ1n) is 7.72. The third-order valence-electron chi connectivity index (χ3n) is 3.91. The molecule has 0 saturated heterocycles. The average molecular weight is 321 g/mol. The summed E-state index contributed by atoms with van der Waals surface area (Å²) in [6.07, 6.45) is 5.77. The first kappa shape index (κ1) is 15.0. The van der Waals surface area contributed by atoms with Crippen LogP contribution in [0.1, 0.15) is 53.4 Å². The quantitative estimate of drug-likeness (QED) is 0.858. The van der Waals surface area contributed by atoms with Crippen molar-refractivity contribution >= 4 is 22.9 Å². The second kappa shape index (κ2) is 6.91. The molecular weight excluding hydrogens is 300 g/mol. The number of rotatable bonds is 5. The highest BCUT2D eigenvalue weighted by molar-refractivity contribution is 7.11. The number of hydrogen-bond donors (Lipinski definition) is 1. The molecule has 2 nitrogen and oxygen atoms in total. The molecule has 0 radical (unpaired) electrons. The maximum Gasteiger partial charge on any atom is 0.0975 e. The normalized spacial score (nSPS) is 17.7. The number of nitrogens with one attached hydrogen (secondary N) is 1. The molecule has 1 aromatic heterocycles. The molecule has 0 fully saturated rings. The molecule has 1 aliphatic rings. The lowest BCUT2D eigenvalue weighted by molar-refractivity contribution is 0.454. The number of aryl methyl sites for hydroxylation is 1. The van der Waals surface area contributed by atoms with Gasteiger partial charge in [0.15, 0.2) is 0 Å². The zero-order chi connectivity index (χ0) is 14.7. The van der Waals surface area contributed by atoms with Gasteiger partial charge in [0.2, 0.25) is 0 Å². The van der Waals surface area contributed by atoms with Gasteiger partial charge in [-0.25, -0.2) is 4.98 Å². The summed E-state index contributed by atoms with van der Waals surface area (Å²) in [4.78, 5) is 6.41. The number of fused-ring (bicyclic) bond motifs is 1. The lowest BCUT2D eigenvalue weighted by atomic mass is 9.97. The summed E-state index contributed by atoms with van der Waals surface area (Å²) in [6.45, 7) is 3.29. The van der Waals surface area contributed by atoms with Crippen molar-refractivity contribution in [2.45, 2.75) is 45.1 Å². The van der Waals surface area contributed by atoms with Gasteiger partial charge in [-0.1, -0.05) is 30.7 Å². The topological polar surface area (TPSA) is 24.9 Å². The Morgan fingerprint density at radius 3 is 2.90 bits per heavy atom. The van der Waals surface area contributed by atoms with E-state index in [0.717, 1.165) is 18.0 Å². The van der Waals surface area contributed by atoms with Crippen LogP contribution in [0.2, 0.25) is 5.02 Å². The van der Waals surface area contributed by atoms with E-state index >= 15 is 0 Å². The summed E-state index contributed by atoms with van der Waals surface area (Å²) >= 11 is 7.83. The van der Waals surface area contributed by atoms with Crippen LogP contribution in [0, 0.1) is 0 Å². The minimum absolute atomic E-state index is 0.462. The highest BCUT2D eigenvalue weighted by Crippen LogP contribution is 2.34. The Hall–Kier alpha value is -0.900. The summed E-state index contributed by atoms with van der Waals surface area (Å²) in [7, 11) is 0. The highest BCUT2D eigenvalue weighted by atomic mass is 35.5. The molecular formula is C17H21ClN2S. The molecule has 3 rings (SSSR count). The molecule has 112 valence electrons. The van der Waals surface area contributed by atoms with Gasteiger partial charge < -0.3 is 5.32 Å². The fourth-order valence-corrected chi connectivity index (χ4v) is 4.17. The van der Waals surface area contributed by atoms with Gasteiger partial charge in [-0.15, -0.1) is 11.3 Å². The molecule has 1 unspecified atom stereocenters. The Morgan fingerprint density at radius 2 is 2.14 bits per heavy atom. The number of hydrogen-bond acceptors (Lipinski definition) is 3. The molecule has 0 spiro atoms. The van der Waals surface area contributed by atoms with Crippen molar-refractivity contribution in [2.24, 2.45) is 0 Å². The monoisotopic (exact) mass is 320 g/mol. The lowest BCUT2D eigenvalue weighted by Crippen LogP contribution is -2.25. The zero-order valence-corrected chi connectivity index (χ0v) is 13.9. The van der Waals surface area contributed by atoms with Gasteiger partial charge in [-0.3, -0.25) is 0 Å². The van der Waals surface area contributed by atoms with Crippen LogP contribution in [0.4, 0.5) is 0 Å². The van der Waals surface area contributed by atoms with E-state index in [1.807, 2.05) is 23.5 Å². The highest BCUT2D eigenvalue weighted by Gasteiger charge is 2.24. The first-order valence-corrected chi connectivity index (χ1v) is 8.92. The molecule has 1 heterocycles. The largest absolute Gasteiger partial charge is 0.309 e. The first-order chi connectivity index (χ1) is 10.3. The van der Waals surface area contributed by atoms with Crippen molar-refractivity contribution in [1.82, 2.24) is 10.3 Å². The summed E-state index contributed by atoms with van der Waals surface area (Å²) < 4.78 is 0. The van der Waals surface area contributed by atoms with E-state index in [4.69, 9.17) is 16.6 Å². The summed E-state index contributed by atoms with van der Waals surface area (Å²) in [5.74, 6) is 0. The molecule has 0 saturated carbocycles. The van der Waals surface area contributed by atoms with Crippen LogP contribution in [0.15, 0.2) is 24.3 Å². The van der Waals surface area contributed by atoms with Crippen LogP contribution < -0.4 is 5.32 Å².